The van der Waals surface area contributed by atoms with Crippen LogP contribution in [0, 0.1) is 0 Å². The molecule has 1 aliphatic rings. The molecule has 0 heterocycles. The first-order valence-corrected chi connectivity index (χ1v) is 8.46. The Balaban J connectivity index is 1.91. The number of benzene rings is 4. The van der Waals surface area contributed by atoms with Crippen molar-refractivity contribution in [3.8, 4) is 0 Å². The third-order valence-electron chi connectivity index (χ3n) is 5.26. The van der Waals surface area contributed by atoms with E-state index in [-0.39, 0.29) is 5.41 Å². The average molecular weight is 306 g/mol. The van der Waals surface area contributed by atoms with Crippen molar-refractivity contribution in [3.05, 3.63) is 94.9 Å². The number of rotatable bonds is 1. The van der Waals surface area contributed by atoms with Gasteiger partial charge in [-0.2, -0.15) is 0 Å². The third kappa shape index (κ3) is 1.86. The summed E-state index contributed by atoms with van der Waals surface area (Å²) in [6, 6.07) is 28.5. The van der Waals surface area contributed by atoms with Gasteiger partial charge in [-0.05, 0) is 44.5 Å². The second-order valence-corrected chi connectivity index (χ2v) is 6.89. The minimum atomic E-state index is -0.0761. The Bertz CT molecular complexity index is 1180. The quantitative estimate of drug-likeness (QED) is 0.453. The van der Waals surface area contributed by atoms with Crippen LogP contribution >= 0.6 is 0 Å². The molecule has 0 radical (unpaired) electrons. The van der Waals surface area contributed by atoms with E-state index < -0.39 is 0 Å². The maximum absolute atomic E-state index is 2.40. The lowest BCUT2D eigenvalue weighted by molar-refractivity contribution is 0.873. The highest BCUT2D eigenvalue weighted by Gasteiger charge is 2.26. The molecular formula is C24H18. The summed E-state index contributed by atoms with van der Waals surface area (Å²) < 4.78 is 0. The van der Waals surface area contributed by atoms with Crippen LogP contribution in [0.2, 0.25) is 0 Å². The number of fused-ring (bicyclic) bond motifs is 4. The van der Waals surface area contributed by atoms with Crippen molar-refractivity contribution in [2.45, 2.75) is 12.3 Å². The summed E-state index contributed by atoms with van der Waals surface area (Å²) in [6.45, 7) is 2.32. The molecule has 0 N–H and O–H groups in total. The van der Waals surface area contributed by atoms with Crippen LogP contribution in [0.1, 0.15) is 12.5 Å². The molecule has 0 unspecified atom stereocenters. The van der Waals surface area contributed by atoms with Crippen LogP contribution < -0.4 is 10.4 Å². The summed E-state index contributed by atoms with van der Waals surface area (Å²) >= 11 is 0. The fourth-order valence-electron chi connectivity index (χ4n) is 4.13. The molecule has 5 rings (SSSR count). The van der Waals surface area contributed by atoms with Gasteiger partial charge in [-0.3, -0.25) is 0 Å². The molecule has 0 heteroatoms. The van der Waals surface area contributed by atoms with Crippen LogP contribution in [0.15, 0.2) is 78.9 Å². The van der Waals surface area contributed by atoms with E-state index in [1.165, 1.54) is 37.5 Å². The summed E-state index contributed by atoms with van der Waals surface area (Å²) in [4.78, 5) is 0. The Hall–Kier alpha value is -2.86. The van der Waals surface area contributed by atoms with Crippen molar-refractivity contribution >= 4 is 33.7 Å². The predicted octanol–water partition coefficient (Wildman–Crippen LogP) is 4.53. The Kier molecular flexibility index (Phi) is 2.72. The van der Waals surface area contributed by atoms with Crippen molar-refractivity contribution in [2.75, 3.05) is 0 Å². The van der Waals surface area contributed by atoms with Gasteiger partial charge < -0.3 is 0 Å². The van der Waals surface area contributed by atoms with Crippen molar-refractivity contribution in [3.63, 3.8) is 0 Å². The first-order valence-electron chi connectivity index (χ1n) is 8.46. The van der Waals surface area contributed by atoms with E-state index in [0.717, 1.165) is 0 Å². The molecule has 0 bridgehead atoms. The van der Waals surface area contributed by atoms with E-state index in [4.69, 9.17) is 0 Å². The molecule has 0 aliphatic heterocycles. The first kappa shape index (κ1) is 13.6. The van der Waals surface area contributed by atoms with Gasteiger partial charge >= 0.3 is 0 Å². The van der Waals surface area contributed by atoms with Crippen LogP contribution in [0.4, 0.5) is 0 Å². The third-order valence-corrected chi connectivity index (χ3v) is 5.26. The molecule has 0 saturated carbocycles. The van der Waals surface area contributed by atoms with Gasteiger partial charge in [-0.1, -0.05) is 91.0 Å². The highest BCUT2D eigenvalue weighted by Crippen LogP contribution is 2.37. The molecule has 0 saturated heterocycles. The standard InChI is InChI=1S/C24H18/c1-24(15-19-8-2-3-9-20(19)16-24)22-12-6-10-18-14-13-17-7-4-5-11-21(17)23(18)22/h2-16H,1H3. The van der Waals surface area contributed by atoms with Gasteiger partial charge in [0.15, 0.2) is 0 Å². The van der Waals surface area contributed by atoms with Crippen molar-refractivity contribution in [2.24, 2.45) is 0 Å². The van der Waals surface area contributed by atoms with Gasteiger partial charge in [-0.15, -0.1) is 0 Å². The lowest BCUT2D eigenvalue weighted by Crippen LogP contribution is -2.19. The topological polar surface area (TPSA) is 0 Å². The van der Waals surface area contributed by atoms with Crippen LogP contribution in [0.3, 0.4) is 0 Å². The molecule has 0 atom stereocenters. The molecule has 0 aromatic heterocycles. The molecular weight excluding hydrogens is 288 g/mol. The number of hydrogen-bond acceptors (Lipinski definition) is 0. The molecule has 0 nitrogen and oxygen atoms in total. The predicted molar refractivity (Wildman–Crippen MR) is 103 cm³/mol. The smallest absolute Gasteiger partial charge is 0.0308 e. The summed E-state index contributed by atoms with van der Waals surface area (Å²) in [5, 5.41) is 7.99. The molecule has 0 fully saturated rings. The van der Waals surface area contributed by atoms with Crippen molar-refractivity contribution in [1.82, 2.24) is 0 Å². The number of hydrogen-bond donors (Lipinski definition) is 0. The lowest BCUT2D eigenvalue weighted by Gasteiger charge is -2.23. The zero-order valence-corrected chi connectivity index (χ0v) is 13.7. The SMILES string of the molecule is CC1(c2cccc3ccc4ccccc4c23)C=c2ccccc2=C1. The minimum absolute atomic E-state index is 0.0761. The largest absolute Gasteiger partial charge is 0.0625 e. The van der Waals surface area contributed by atoms with E-state index in [9.17, 15) is 0 Å². The average Bonchev–Trinajstić information content (AvgIpc) is 2.98. The van der Waals surface area contributed by atoms with Crippen LogP contribution in [-0.2, 0) is 5.41 Å². The fraction of sp³-hybridized carbons (Fsp3) is 0.0833. The zero-order chi connectivity index (χ0) is 16.1. The first-order chi connectivity index (χ1) is 11.7. The Morgan fingerprint density at radius 3 is 2.00 bits per heavy atom. The van der Waals surface area contributed by atoms with E-state index in [1.807, 2.05) is 0 Å². The maximum Gasteiger partial charge on any atom is 0.0308 e. The van der Waals surface area contributed by atoms with Gasteiger partial charge in [-0.25, -0.2) is 0 Å². The monoisotopic (exact) mass is 306 g/mol. The summed E-state index contributed by atoms with van der Waals surface area (Å²) in [5.74, 6) is 0. The maximum atomic E-state index is 2.40. The summed E-state index contributed by atoms with van der Waals surface area (Å²) in [7, 11) is 0. The highest BCUT2D eigenvalue weighted by atomic mass is 14.3. The molecule has 114 valence electrons. The van der Waals surface area contributed by atoms with Crippen LogP contribution in [0.5, 0.6) is 0 Å². The molecule has 0 spiro atoms. The van der Waals surface area contributed by atoms with Gasteiger partial charge in [0.2, 0.25) is 0 Å². The van der Waals surface area contributed by atoms with Crippen LogP contribution in [0.25, 0.3) is 33.7 Å². The highest BCUT2D eigenvalue weighted by molar-refractivity contribution is 6.10. The second kappa shape index (κ2) is 4.82. The Morgan fingerprint density at radius 2 is 1.21 bits per heavy atom. The second-order valence-electron chi connectivity index (χ2n) is 6.89. The molecule has 4 aromatic rings. The van der Waals surface area contributed by atoms with Crippen LogP contribution in [-0.4, -0.2) is 0 Å². The van der Waals surface area contributed by atoms with E-state index in [2.05, 4.69) is 97.9 Å². The summed E-state index contributed by atoms with van der Waals surface area (Å²) in [5.41, 5.74) is 1.31. The molecule has 1 aliphatic carbocycles. The summed E-state index contributed by atoms with van der Waals surface area (Å²) in [6.07, 6.45) is 4.80. The fourth-order valence-corrected chi connectivity index (χ4v) is 4.13. The van der Waals surface area contributed by atoms with E-state index >= 15 is 0 Å². The van der Waals surface area contributed by atoms with Crippen molar-refractivity contribution in [1.29, 1.82) is 0 Å². The molecule has 24 heavy (non-hydrogen) atoms. The van der Waals surface area contributed by atoms with Gasteiger partial charge in [0.25, 0.3) is 0 Å². The zero-order valence-electron chi connectivity index (χ0n) is 13.7. The Morgan fingerprint density at radius 1 is 0.583 bits per heavy atom. The Labute approximate surface area is 141 Å². The molecule has 0 amide bonds. The lowest BCUT2D eigenvalue weighted by atomic mass is 9.80. The van der Waals surface area contributed by atoms with Gasteiger partial charge in [0.05, 0.1) is 0 Å². The van der Waals surface area contributed by atoms with E-state index in [1.54, 1.807) is 0 Å². The van der Waals surface area contributed by atoms with E-state index in [0.29, 0.717) is 0 Å². The molecule has 4 aromatic carbocycles. The van der Waals surface area contributed by atoms with Crippen molar-refractivity contribution < 1.29 is 0 Å². The minimum Gasteiger partial charge on any atom is -0.0625 e. The van der Waals surface area contributed by atoms with Gasteiger partial charge in [0.1, 0.15) is 0 Å². The van der Waals surface area contributed by atoms with Gasteiger partial charge in [0, 0.05) is 5.41 Å². The normalized spacial score (nSPS) is 15.0.